The van der Waals surface area contributed by atoms with Gasteiger partial charge in [-0.05, 0) is 94.3 Å². The average molecular weight is 894 g/mol. The molecule has 338 valence electrons. The van der Waals surface area contributed by atoms with Crippen LogP contribution in [0, 0.1) is 27.7 Å². The monoisotopic (exact) mass is 893 g/mol. The maximum atomic E-state index is 13.7. The number of morpholine rings is 1. The van der Waals surface area contributed by atoms with E-state index in [2.05, 4.69) is 15.5 Å². The Morgan fingerprint density at radius 3 is 2.38 bits per heavy atom. The molecule has 2 aromatic heterocycles. The number of carboxylic acid groups (broad SMARTS) is 1. The molecular formula is C48H56ClN7O8. The summed E-state index contributed by atoms with van der Waals surface area (Å²) in [5.41, 5.74) is 8.26. The highest BCUT2D eigenvalue weighted by atomic mass is 35.5. The van der Waals surface area contributed by atoms with Crippen LogP contribution in [-0.2, 0) is 33.8 Å². The summed E-state index contributed by atoms with van der Waals surface area (Å²) in [4.78, 5) is 67.5. The van der Waals surface area contributed by atoms with Gasteiger partial charge in [0.25, 0.3) is 11.8 Å². The maximum absolute atomic E-state index is 13.7. The number of amides is 4. The Morgan fingerprint density at radius 2 is 1.67 bits per heavy atom. The normalized spacial score (nSPS) is 14.6. The summed E-state index contributed by atoms with van der Waals surface area (Å²) in [6.45, 7) is 15.1. The summed E-state index contributed by atoms with van der Waals surface area (Å²) in [6.07, 6.45) is 2.71. The van der Waals surface area contributed by atoms with Crippen molar-refractivity contribution < 1.29 is 38.6 Å². The van der Waals surface area contributed by atoms with E-state index in [1.165, 1.54) is 0 Å². The molecule has 2 aliphatic rings. The Labute approximate surface area is 377 Å². The van der Waals surface area contributed by atoms with Gasteiger partial charge in [0.1, 0.15) is 17.5 Å². The number of aromatic nitrogens is 3. The number of hydrogen-bond acceptors (Lipinski definition) is 10. The lowest BCUT2D eigenvalue weighted by atomic mass is 9.98. The summed E-state index contributed by atoms with van der Waals surface area (Å²) in [5.74, 6) is -2.11. The first-order chi connectivity index (χ1) is 30.9. The van der Waals surface area contributed by atoms with Gasteiger partial charge in [0.15, 0.2) is 0 Å². The number of nitrogens with one attached hydrogen (secondary N) is 2. The second-order valence-electron chi connectivity index (χ2n) is 16.5. The molecule has 64 heavy (non-hydrogen) atoms. The number of para-hydroxylation sites is 1. The van der Waals surface area contributed by atoms with Crippen molar-refractivity contribution in [1.82, 2.24) is 29.5 Å². The van der Waals surface area contributed by atoms with Gasteiger partial charge in [0.2, 0.25) is 12.3 Å². The molecular weight excluding hydrogens is 838 g/mol. The number of carbonyl (C=O) groups excluding carboxylic acids is 4. The molecule has 1 unspecified atom stereocenters. The minimum atomic E-state index is -1.11. The van der Waals surface area contributed by atoms with Gasteiger partial charge in [-0.1, -0.05) is 49.2 Å². The third-order valence-corrected chi connectivity index (χ3v) is 12.8. The number of fused-ring (bicyclic) bond motifs is 2. The first kappa shape index (κ1) is 46.0. The van der Waals surface area contributed by atoms with Crippen molar-refractivity contribution in [2.45, 2.75) is 85.9 Å². The zero-order chi connectivity index (χ0) is 45.7. The van der Waals surface area contributed by atoms with E-state index in [-0.39, 0.29) is 29.7 Å². The van der Waals surface area contributed by atoms with Crippen molar-refractivity contribution in [3.05, 3.63) is 98.5 Å². The number of anilines is 1. The average Bonchev–Trinajstić information content (AvgIpc) is 3.85. The number of carboxylic acids is 1. The number of aryl methyl sites for hydroxylation is 5. The molecule has 15 nitrogen and oxygen atoms in total. The van der Waals surface area contributed by atoms with E-state index in [4.69, 9.17) is 26.2 Å². The van der Waals surface area contributed by atoms with E-state index >= 15 is 0 Å². The lowest BCUT2D eigenvalue weighted by Gasteiger charge is -2.27. The van der Waals surface area contributed by atoms with Crippen molar-refractivity contribution >= 4 is 58.3 Å². The Morgan fingerprint density at radius 1 is 0.953 bits per heavy atom. The third-order valence-electron chi connectivity index (χ3n) is 12.2. The molecule has 7 rings (SSSR count). The van der Waals surface area contributed by atoms with E-state index in [9.17, 15) is 29.1 Å². The number of hydrogen-bond donors (Lipinski definition) is 3. The fourth-order valence-corrected chi connectivity index (χ4v) is 9.30. The lowest BCUT2D eigenvalue weighted by molar-refractivity contribution is -0.128. The Kier molecular flexibility index (Phi) is 14.5. The minimum Gasteiger partial charge on any atom is -0.494 e. The smallest absolute Gasteiger partial charge is 0.352 e. The fourth-order valence-electron chi connectivity index (χ4n) is 9.19. The summed E-state index contributed by atoms with van der Waals surface area (Å²) in [6, 6.07) is 13.8. The van der Waals surface area contributed by atoms with Gasteiger partial charge in [-0.2, -0.15) is 5.10 Å². The number of carbonyl (C=O) groups is 5. The van der Waals surface area contributed by atoms with Gasteiger partial charge in [0, 0.05) is 72.2 Å². The number of aromatic carboxylic acids is 1. The van der Waals surface area contributed by atoms with Crippen LogP contribution in [0.4, 0.5) is 5.69 Å². The predicted molar refractivity (Wildman–Crippen MR) is 245 cm³/mol. The topological polar surface area (TPSA) is 177 Å². The number of benzene rings is 3. The largest absolute Gasteiger partial charge is 0.494 e. The third kappa shape index (κ3) is 9.28. The molecule has 5 aromatic rings. The Balaban J connectivity index is 1.13. The van der Waals surface area contributed by atoms with Crippen LogP contribution in [0.3, 0.4) is 0 Å². The number of halogens is 1. The van der Waals surface area contributed by atoms with Gasteiger partial charge in [-0.25, -0.2) is 4.79 Å². The molecule has 1 fully saturated rings. The minimum absolute atomic E-state index is 0.199. The summed E-state index contributed by atoms with van der Waals surface area (Å²) < 4.78 is 15.7. The van der Waals surface area contributed by atoms with E-state index in [1.54, 1.807) is 18.2 Å². The van der Waals surface area contributed by atoms with Crippen LogP contribution in [-0.4, -0.2) is 111 Å². The molecule has 16 heteroatoms. The number of ether oxygens (including phenoxy) is 2. The van der Waals surface area contributed by atoms with Crippen molar-refractivity contribution in [1.29, 1.82) is 0 Å². The number of rotatable bonds is 20. The van der Waals surface area contributed by atoms with Gasteiger partial charge < -0.3 is 24.5 Å². The number of nitrogens with zero attached hydrogens (tertiary/aromatic N) is 5. The predicted octanol–water partition coefficient (Wildman–Crippen LogP) is 6.97. The van der Waals surface area contributed by atoms with Crippen LogP contribution in [0.1, 0.15) is 91.9 Å². The first-order valence-electron chi connectivity index (χ1n) is 22.0. The van der Waals surface area contributed by atoms with Gasteiger partial charge in [-0.15, -0.1) is 0 Å². The SMILES string of the molecule is CCCC(C(=O)NC=O)N1C(=O)c2cccc(NCCCn3nc(C)c(-c4cccc5c(CCCOc6cc(C)c(Cl)c(C)c6)c(C(=O)O)n(CCN6CCOCC6)c45)c3C)c2C1=O. The molecule has 0 radical (unpaired) electrons. The Bertz CT molecular complexity index is 2570. The molecule has 3 aromatic carbocycles. The summed E-state index contributed by atoms with van der Waals surface area (Å²) >= 11 is 6.39. The van der Waals surface area contributed by atoms with Gasteiger partial charge in [-0.3, -0.25) is 39.0 Å². The Hall–Kier alpha value is -6.03. The van der Waals surface area contributed by atoms with Crippen molar-refractivity contribution in [2.24, 2.45) is 0 Å². The van der Waals surface area contributed by atoms with Crippen LogP contribution in [0.25, 0.3) is 22.0 Å². The van der Waals surface area contributed by atoms with E-state index in [0.717, 1.165) is 73.8 Å². The summed E-state index contributed by atoms with van der Waals surface area (Å²) in [5, 5.41) is 22.9. The maximum Gasteiger partial charge on any atom is 0.352 e. The highest BCUT2D eigenvalue weighted by Gasteiger charge is 2.43. The first-order valence-corrected chi connectivity index (χ1v) is 22.3. The molecule has 0 saturated carbocycles. The zero-order valence-corrected chi connectivity index (χ0v) is 37.8. The molecule has 1 atom stereocenters. The molecule has 0 bridgehead atoms. The van der Waals surface area contributed by atoms with Crippen LogP contribution in [0.2, 0.25) is 5.02 Å². The molecule has 1 saturated heterocycles. The number of imide groups is 2. The second-order valence-corrected chi connectivity index (χ2v) is 16.8. The molecule has 3 N–H and O–H groups in total. The lowest BCUT2D eigenvalue weighted by Crippen LogP contribution is -2.49. The van der Waals surface area contributed by atoms with Crippen LogP contribution in [0.15, 0.2) is 48.5 Å². The van der Waals surface area contributed by atoms with Crippen molar-refractivity contribution in [2.75, 3.05) is 51.3 Å². The van der Waals surface area contributed by atoms with Crippen molar-refractivity contribution in [3.63, 3.8) is 0 Å². The van der Waals surface area contributed by atoms with Gasteiger partial charge >= 0.3 is 5.97 Å². The van der Waals surface area contributed by atoms with Crippen molar-refractivity contribution in [3.8, 4) is 16.9 Å². The molecule has 4 amide bonds. The van der Waals surface area contributed by atoms with Crippen LogP contribution in [0.5, 0.6) is 5.75 Å². The fraction of sp³-hybridized carbons (Fsp3) is 0.417. The quantitative estimate of drug-likeness (QED) is 0.0418. The highest BCUT2D eigenvalue weighted by Crippen LogP contribution is 2.39. The molecule has 2 aliphatic heterocycles. The standard InChI is InChI=1S/C48H56ClN7O8/c1-6-11-39(45(58)51-28-57)56-46(59)37-14-8-16-38(41(37)47(56)60)50-17-10-18-55-32(5)40(31(4)52-55)36-13-7-12-34-35(15-9-23-64-33-26-29(2)42(49)30(3)27-33)44(48(61)62)54(43(34)36)20-19-53-21-24-63-25-22-53/h7-8,12-14,16,26-28,39,50H,6,9-11,15,17-25H2,1-5H3,(H,61,62)(H,51,57,58). The van der Waals surface area contributed by atoms with Crippen LogP contribution >= 0.6 is 11.6 Å². The van der Waals surface area contributed by atoms with E-state index in [0.29, 0.717) is 82.4 Å². The summed E-state index contributed by atoms with van der Waals surface area (Å²) in [7, 11) is 0. The zero-order valence-electron chi connectivity index (χ0n) is 37.1. The van der Waals surface area contributed by atoms with E-state index in [1.807, 2.05) is 74.2 Å². The van der Waals surface area contributed by atoms with Crippen LogP contribution < -0.4 is 15.4 Å². The van der Waals surface area contributed by atoms with E-state index < -0.39 is 29.7 Å². The second kappa shape index (κ2) is 20.2. The van der Waals surface area contributed by atoms with Gasteiger partial charge in [0.05, 0.1) is 42.2 Å². The molecule has 0 spiro atoms. The highest BCUT2D eigenvalue weighted by molar-refractivity contribution is 6.32. The molecule has 0 aliphatic carbocycles. The molecule has 4 heterocycles.